The quantitative estimate of drug-likeness (QED) is 0.662. The van der Waals surface area contributed by atoms with Crippen LogP contribution < -0.4 is 21.1 Å². The number of carbonyl (C=O) groups is 1. The van der Waals surface area contributed by atoms with Gasteiger partial charge in [0.05, 0.1) is 31.1 Å². The third-order valence-electron chi connectivity index (χ3n) is 5.03. The third kappa shape index (κ3) is 2.85. The van der Waals surface area contributed by atoms with Gasteiger partial charge in [-0.1, -0.05) is 12.2 Å². The molecule has 1 saturated carbocycles. The van der Waals surface area contributed by atoms with E-state index in [1.54, 1.807) is 24.2 Å². The summed E-state index contributed by atoms with van der Waals surface area (Å²) in [5.41, 5.74) is 6.41. The van der Waals surface area contributed by atoms with Crippen LogP contribution in [0.25, 0.3) is 0 Å². The number of rotatable bonds is 6. The molecule has 4 rings (SSSR count). The van der Waals surface area contributed by atoms with Gasteiger partial charge < -0.3 is 21.1 Å². The molecule has 2 aromatic heterocycles. The molecule has 9 heteroatoms. The van der Waals surface area contributed by atoms with Gasteiger partial charge >= 0.3 is 0 Å². The smallest absolute Gasteiger partial charge is 0.229 e. The first-order valence-electron chi connectivity index (χ1n) is 8.46. The van der Waals surface area contributed by atoms with Gasteiger partial charge in [0, 0.05) is 19.3 Å². The maximum absolute atomic E-state index is 11.9. The molecule has 136 valence electrons. The van der Waals surface area contributed by atoms with Gasteiger partial charge in [-0.3, -0.25) is 9.48 Å². The largest absolute Gasteiger partial charge is 0.491 e. The van der Waals surface area contributed by atoms with Crippen molar-refractivity contribution < 1.29 is 9.53 Å². The van der Waals surface area contributed by atoms with Crippen LogP contribution in [0.15, 0.2) is 30.7 Å². The van der Waals surface area contributed by atoms with E-state index < -0.39 is 0 Å². The van der Waals surface area contributed by atoms with Crippen molar-refractivity contribution in [3.05, 3.63) is 30.7 Å². The Morgan fingerprint density at radius 1 is 1.35 bits per heavy atom. The number of ether oxygens (including phenoxy) is 1. The number of carbonyl (C=O) groups excluding carboxylic acids is 1. The van der Waals surface area contributed by atoms with E-state index in [0.717, 1.165) is 12.1 Å². The standard InChI is InChI=1S/C17H21N7O2/c1-24-8-11(6-20-24)21-17-19-7-12(26-2)16(23-17)22-14-10-4-3-9(5-10)13(14)15(18)25/h3-4,6-10,13-14H,5H2,1-2H3,(H2,18,25)(H2,19,21,22,23)/t9-,10+,13+,14-/m0/s1. The summed E-state index contributed by atoms with van der Waals surface area (Å²) in [7, 11) is 3.39. The zero-order chi connectivity index (χ0) is 18.3. The van der Waals surface area contributed by atoms with Gasteiger partial charge in [-0.05, 0) is 18.3 Å². The maximum Gasteiger partial charge on any atom is 0.229 e. The predicted molar refractivity (Wildman–Crippen MR) is 95.9 cm³/mol. The van der Waals surface area contributed by atoms with E-state index in [1.807, 2.05) is 13.2 Å². The molecule has 9 nitrogen and oxygen atoms in total. The summed E-state index contributed by atoms with van der Waals surface area (Å²) >= 11 is 0. The molecule has 1 fully saturated rings. The Bertz CT molecular complexity index is 863. The number of aryl methyl sites for hydroxylation is 1. The number of anilines is 3. The molecule has 2 aliphatic carbocycles. The van der Waals surface area contributed by atoms with Gasteiger partial charge in [0.2, 0.25) is 11.9 Å². The first-order valence-corrected chi connectivity index (χ1v) is 8.46. The van der Waals surface area contributed by atoms with Gasteiger partial charge in [-0.25, -0.2) is 4.98 Å². The summed E-state index contributed by atoms with van der Waals surface area (Å²) < 4.78 is 7.06. The van der Waals surface area contributed by atoms with E-state index in [4.69, 9.17) is 10.5 Å². The van der Waals surface area contributed by atoms with Gasteiger partial charge in [-0.15, -0.1) is 0 Å². The lowest BCUT2D eigenvalue weighted by atomic mass is 9.88. The molecular formula is C17H21N7O2. The average molecular weight is 355 g/mol. The normalized spacial score (nSPS) is 26.1. The SMILES string of the molecule is COc1cnc(Nc2cnn(C)c2)nc1N[C@@H]1[C@H](C(N)=O)[C@H]2C=C[C@@H]1C2. The number of aromatic nitrogens is 4. The van der Waals surface area contributed by atoms with E-state index in [2.05, 4.69) is 37.9 Å². The summed E-state index contributed by atoms with van der Waals surface area (Å²) in [4.78, 5) is 20.7. The van der Waals surface area contributed by atoms with Crippen LogP contribution in [0.2, 0.25) is 0 Å². The lowest BCUT2D eigenvalue weighted by Gasteiger charge is -2.27. The second-order valence-corrected chi connectivity index (χ2v) is 6.68. The highest BCUT2D eigenvalue weighted by atomic mass is 16.5. The van der Waals surface area contributed by atoms with Crippen LogP contribution >= 0.6 is 0 Å². The molecular weight excluding hydrogens is 334 g/mol. The monoisotopic (exact) mass is 355 g/mol. The maximum atomic E-state index is 11.9. The van der Waals surface area contributed by atoms with Crippen LogP contribution in [0, 0.1) is 17.8 Å². The zero-order valence-electron chi connectivity index (χ0n) is 14.6. The average Bonchev–Trinajstić information content (AvgIpc) is 3.31. The van der Waals surface area contributed by atoms with Crippen molar-refractivity contribution in [3.63, 3.8) is 0 Å². The highest BCUT2D eigenvalue weighted by molar-refractivity contribution is 5.80. The molecule has 4 atom stereocenters. The first kappa shape index (κ1) is 16.4. The van der Waals surface area contributed by atoms with E-state index in [1.165, 1.54) is 0 Å². The van der Waals surface area contributed by atoms with Crippen molar-refractivity contribution in [1.82, 2.24) is 19.7 Å². The molecule has 0 saturated heterocycles. The molecule has 0 radical (unpaired) electrons. The fraction of sp³-hybridized carbons (Fsp3) is 0.412. The summed E-state index contributed by atoms with van der Waals surface area (Å²) in [6, 6.07) is -0.0995. The predicted octanol–water partition coefficient (Wildman–Crippen LogP) is 1.05. The number of nitrogens with one attached hydrogen (secondary N) is 2. The molecule has 4 N–H and O–H groups in total. The summed E-state index contributed by atoms with van der Waals surface area (Å²) in [6.45, 7) is 0. The number of hydrogen-bond acceptors (Lipinski definition) is 7. The highest BCUT2D eigenvalue weighted by Gasteiger charge is 2.47. The number of fused-ring (bicyclic) bond motifs is 2. The highest BCUT2D eigenvalue weighted by Crippen LogP contribution is 2.45. The second kappa shape index (κ2) is 6.32. The minimum Gasteiger partial charge on any atom is -0.491 e. The van der Waals surface area contributed by atoms with Gasteiger partial charge in [0.15, 0.2) is 11.6 Å². The molecule has 0 aromatic carbocycles. The first-order chi connectivity index (χ1) is 12.5. The van der Waals surface area contributed by atoms with Crippen LogP contribution in [-0.4, -0.2) is 38.8 Å². The van der Waals surface area contributed by atoms with Crippen LogP contribution in [0.1, 0.15) is 6.42 Å². The lowest BCUT2D eigenvalue weighted by molar-refractivity contribution is -0.122. The third-order valence-corrected chi connectivity index (χ3v) is 5.03. The zero-order valence-corrected chi connectivity index (χ0v) is 14.6. The van der Waals surface area contributed by atoms with Crippen molar-refractivity contribution in [2.45, 2.75) is 12.5 Å². The van der Waals surface area contributed by atoms with Crippen molar-refractivity contribution in [1.29, 1.82) is 0 Å². The Kier molecular flexibility index (Phi) is 3.98. The Balaban J connectivity index is 1.59. The lowest BCUT2D eigenvalue weighted by Crippen LogP contribution is -2.41. The van der Waals surface area contributed by atoms with E-state index in [9.17, 15) is 4.79 Å². The fourth-order valence-corrected chi connectivity index (χ4v) is 3.86. The number of nitrogens with zero attached hydrogens (tertiary/aromatic N) is 4. The van der Waals surface area contributed by atoms with Crippen molar-refractivity contribution >= 4 is 23.4 Å². The Morgan fingerprint density at radius 3 is 2.85 bits per heavy atom. The van der Waals surface area contributed by atoms with Crippen LogP contribution in [0.4, 0.5) is 17.5 Å². The van der Waals surface area contributed by atoms with Gasteiger partial charge in [0.25, 0.3) is 0 Å². The van der Waals surface area contributed by atoms with E-state index in [-0.39, 0.29) is 29.7 Å². The van der Waals surface area contributed by atoms with Crippen molar-refractivity contribution in [2.75, 3.05) is 17.7 Å². The number of amides is 1. The summed E-state index contributed by atoms with van der Waals surface area (Å²) in [6.07, 6.45) is 10.3. The molecule has 2 heterocycles. The van der Waals surface area contributed by atoms with Crippen LogP contribution in [-0.2, 0) is 11.8 Å². The molecule has 26 heavy (non-hydrogen) atoms. The Morgan fingerprint density at radius 2 is 2.15 bits per heavy atom. The number of hydrogen-bond donors (Lipinski definition) is 3. The molecule has 0 aliphatic heterocycles. The topological polar surface area (TPSA) is 120 Å². The van der Waals surface area contributed by atoms with Crippen LogP contribution in [0.5, 0.6) is 5.75 Å². The second-order valence-electron chi connectivity index (χ2n) is 6.68. The molecule has 2 aliphatic rings. The van der Waals surface area contributed by atoms with Crippen molar-refractivity contribution in [2.24, 2.45) is 30.5 Å². The summed E-state index contributed by atoms with van der Waals surface area (Å²) in [5, 5.41) is 10.6. The number of allylic oxidation sites excluding steroid dienone is 1. The Labute approximate surface area is 150 Å². The summed E-state index contributed by atoms with van der Waals surface area (Å²) in [5.74, 6) is 1.36. The number of primary amides is 1. The van der Waals surface area contributed by atoms with Crippen LogP contribution in [0.3, 0.4) is 0 Å². The van der Waals surface area contributed by atoms with Crippen molar-refractivity contribution in [3.8, 4) is 5.75 Å². The van der Waals surface area contributed by atoms with E-state index in [0.29, 0.717) is 17.5 Å². The number of nitrogens with two attached hydrogens (primary N) is 1. The minimum atomic E-state index is -0.291. The Hall–Kier alpha value is -3.10. The van der Waals surface area contributed by atoms with Gasteiger partial charge in [-0.2, -0.15) is 10.1 Å². The fourth-order valence-electron chi connectivity index (χ4n) is 3.86. The number of methoxy groups -OCH3 is 1. The minimum absolute atomic E-state index is 0.0995. The molecule has 2 bridgehead atoms. The molecule has 0 unspecified atom stereocenters. The molecule has 2 aromatic rings. The molecule has 0 spiro atoms. The molecule has 1 amide bonds. The van der Waals surface area contributed by atoms with Gasteiger partial charge in [0.1, 0.15) is 0 Å². The van der Waals surface area contributed by atoms with E-state index >= 15 is 0 Å².